The second-order valence-corrected chi connectivity index (χ2v) is 8.12. The second kappa shape index (κ2) is 5.86. The van der Waals surface area contributed by atoms with E-state index < -0.39 is 10.0 Å². The number of hydrogen-bond acceptors (Lipinski definition) is 4. The molecule has 2 heterocycles. The maximum Gasteiger partial charge on any atom is 0.265 e. The van der Waals surface area contributed by atoms with Crippen molar-refractivity contribution in [3.8, 4) is 10.6 Å². The number of aryl methyl sites for hydroxylation is 1. The summed E-state index contributed by atoms with van der Waals surface area (Å²) in [6.07, 6.45) is 1.51. The largest absolute Gasteiger partial charge is 0.279 e. The first-order chi connectivity index (χ1) is 10.5. The molecule has 0 spiro atoms. The normalized spacial score (nSPS) is 11.5. The van der Waals surface area contributed by atoms with E-state index in [0.717, 1.165) is 9.35 Å². The van der Waals surface area contributed by atoms with E-state index in [1.165, 1.54) is 22.2 Å². The van der Waals surface area contributed by atoms with Crippen molar-refractivity contribution >= 4 is 43.0 Å². The van der Waals surface area contributed by atoms with Crippen molar-refractivity contribution in [1.29, 1.82) is 0 Å². The lowest BCUT2D eigenvalue weighted by Crippen LogP contribution is -2.13. The summed E-state index contributed by atoms with van der Waals surface area (Å²) in [4.78, 5) is 0.979. The number of anilines is 1. The number of nitrogens with one attached hydrogen (secondary N) is 1. The molecule has 0 aliphatic carbocycles. The molecule has 1 N–H and O–H groups in total. The Morgan fingerprint density at radius 2 is 2.09 bits per heavy atom. The highest BCUT2D eigenvalue weighted by Crippen LogP contribution is 2.30. The second-order valence-electron chi connectivity index (χ2n) is 4.61. The highest BCUT2D eigenvalue weighted by atomic mass is 79.9. The Balaban J connectivity index is 2.03. The van der Waals surface area contributed by atoms with Crippen LogP contribution < -0.4 is 4.72 Å². The van der Waals surface area contributed by atoms with Gasteiger partial charge in [0.25, 0.3) is 10.0 Å². The Bertz CT molecular complexity index is 902. The van der Waals surface area contributed by atoms with Crippen LogP contribution in [0.4, 0.5) is 5.69 Å². The predicted octanol–water partition coefficient (Wildman–Crippen LogP) is 3.71. The average Bonchev–Trinajstić information content (AvgIpc) is 3.06. The summed E-state index contributed by atoms with van der Waals surface area (Å²) in [6.45, 7) is 0. The molecular formula is C14H12BrN3O2S2. The zero-order chi connectivity index (χ0) is 15.7. The Morgan fingerprint density at radius 3 is 2.77 bits per heavy atom. The maximum absolute atomic E-state index is 12.7. The number of rotatable bonds is 4. The van der Waals surface area contributed by atoms with E-state index in [1.807, 2.05) is 23.6 Å². The van der Waals surface area contributed by atoms with Crippen LogP contribution in [-0.4, -0.2) is 18.2 Å². The molecule has 0 saturated carbocycles. The first-order valence-corrected chi connectivity index (χ1v) is 9.47. The van der Waals surface area contributed by atoms with Crippen LogP contribution in [0.25, 0.3) is 10.6 Å². The van der Waals surface area contributed by atoms with Gasteiger partial charge in [-0.3, -0.25) is 9.40 Å². The van der Waals surface area contributed by atoms with Gasteiger partial charge in [0.1, 0.15) is 10.6 Å². The van der Waals surface area contributed by atoms with Gasteiger partial charge in [0.05, 0.1) is 4.88 Å². The molecule has 0 amide bonds. The highest BCUT2D eigenvalue weighted by molar-refractivity contribution is 9.10. The van der Waals surface area contributed by atoms with Crippen molar-refractivity contribution < 1.29 is 8.42 Å². The van der Waals surface area contributed by atoms with Crippen LogP contribution in [0, 0.1) is 0 Å². The third-order valence-electron chi connectivity index (χ3n) is 2.92. The quantitative estimate of drug-likeness (QED) is 0.729. The Hall–Kier alpha value is -1.64. The van der Waals surface area contributed by atoms with Crippen molar-refractivity contribution in [1.82, 2.24) is 9.78 Å². The van der Waals surface area contributed by atoms with Crippen molar-refractivity contribution in [3.63, 3.8) is 0 Å². The minimum absolute atomic E-state index is 0.164. The lowest BCUT2D eigenvalue weighted by Gasteiger charge is -2.07. The van der Waals surface area contributed by atoms with Gasteiger partial charge in [0.15, 0.2) is 0 Å². The SMILES string of the molecule is Cn1cc(S(=O)(=O)Nc2cccc(Br)c2)c(-c2cccs2)n1. The highest BCUT2D eigenvalue weighted by Gasteiger charge is 2.23. The molecule has 5 nitrogen and oxygen atoms in total. The van der Waals surface area contributed by atoms with E-state index in [9.17, 15) is 8.42 Å². The summed E-state index contributed by atoms with van der Waals surface area (Å²) in [5.74, 6) is 0. The van der Waals surface area contributed by atoms with Gasteiger partial charge >= 0.3 is 0 Å². The zero-order valence-corrected chi connectivity index (χ0v) is 14.7. The minimum Gasteiger partial charge on any atom is -0.279 e. The molecule has 114 valence electrons. The van der Waals surface area contributed by atoms with E-state index in [-0.39, 0.29) is 4.90 Å². The van der Waals surface area contributed by atoms with Gasteiger partial charge in [0.2, 0.25) is 0 Å². The number of benzene rings is 1. The van der Waals surface area contributed by atoms with E-state index in [1.54, 1.807) is 25.2 Å². The summed E-state index contributed by atoms with van der Waals surface area (Å²) >= 11 is 4.78. The minimum atomic E-state index is -3.71. The molecule has 0 aliphatic heterocycles. The van der Waals surface area contributed by atoms with Crippen molar-refractivity contribution in [2.45, 2.75) is 4.90 Å². The van der Waals surface area contributed by atoms with Gasteiger partial charge in [0, 0.05) is 23.4 Å². The Morgan fingerprint density at radius 1 is 1.27 bits per heavy atom. The van der Waals surface area contributed by atoms with Crippen LogP contribution in [-0.2, 0) is 17.1 Å². The first kappa shape index (κ1) is 15.3. The lowest BCUT2D eigenvalue weighted by molar-refractivity contribution is 0.601. The molecule has 1 aromatic carbocycles. The molecule has 0 unspecified atom stereocenters. The van der Waals surface area contributed by atoms with Crippen LogP contribution in [0.1, 0.15) is 0 Å². The number of aromatic nitrogens is 2. The Kier molecular flexibility index (Phi) is 4.07. The molecule has 0 bridgehead atoms. The van der Waals surface area contributed by atoms with Gasteiger partial charge in [-0.15, -0.1) is 11.3 Å². The lowest BCUT2D eigenvalue weighted by atomic mass is 10.3. The zero-order valence-electron chi connectivity index (χ0n) is 11.5. The molecule has 0 atom stereocenters. The van der Waals surface area contributed by atoms with Gasteiger partial charge in [-0.2, -0.15) is 5.10 Å². The predicted molar refractivity (Wildman–Crippen MR) is 91.5 cm³/mol. The molecule has 0 saturated heterocycles. The fourth-order valence-corrected chi connectivity index (χ4v) is 4.44. The molecular weight excluding hydrogens is 386 g/mol. The maximum atomic E-state index is 12.7. The van der Waals surface area contributed by atoms with Crippen molar-refractivity contribution in [2.75, 3.05) is 4.72 Å². The van der Waals surface area contributed by atoms with Gasteiger partial charge in [-0.05, 0) is 29.6 Å². The summed E-state index contributed by atoms with van der Waals surface area (Å²) < 4.78 is 30.2. The van der Waals surface area contributed by atoms with Gasteiger partial charge in [-0.25, -0.2) is 8.42 Å². The van der Waals surface area contributed by atoms with E-state index in [4.69, 9.17) is 0 Å². The van der Waals surface area contributed by atoms with E-state index >= 15 is 0 Å². The monoisotopic (exact) mass is 397 g/mol. The molecule has 2 aromatic heterocycles. The van der Waals surface area contributed by atoms with Gasteiger partial charge in [-0.1, -0.05) is 28.1 Å². The fraction of sp³-hybridized carbons (Fsp3) is 0.0714. The number of halogens is 1. The van der Waals surface area contributed by atoms with E-state index in [2.05, 4.69) is 25.8 Å². The third kappa shape index (κ3) is 3.08. The average molecular weight is 398 g/mol. The van der Waals surface area contributed by atoms with Crippen molar-refractivity contribution in [3.05, 3.63) is 52.4 Å². The first-order valence-electron chi connectivity index (χ1n) is 6.31. The standard InChI is InChI=1S/C14H12BrN3O2S2/c1-18-9-13(14(16-18)12-6-3-7-21-12)22(19,20)17-11-5-2-4-10(15)8-11/h2-9,17H,1H3. The van der Waals surface area contributed by atoms with Gasteiger partial charge < -0.3 is 0 Å². The van der Waals surface area contributed by atoms with Crippen molar-refractivity contribution in [2.24, 2.45) is 7.05 Å². The smallest absolute Gasteiger partial charge is 0.265 e. The molecule has 3 rings (SSSR count). The number of nitrogens with zero attached hydrogens (tertiary/aromatic N) is 2. The fourth-order valence-electron chi connectivity index (χ4n) is 2.01. The number of thiophene rings is 1. The number of sulfonamides is 1. The topological polar surface area (TPSA) is 64.0 Å². The summed E-state index contributed by atoms with van der Waals surface area (Å²) in [7, 11) is -2.01. The van der Waals surface area contributed by atoms with Crippen LogP contribution in [0.5, 0.6) is 0 Å². The molecule has 0 radical (unpaired) electrons. The van der Waals surface area contributed by atoms with E-state index in [0.29, 0.717) is 11.4 Å². The number of hydrogen-bond donors (Lipinski definition) is 1. The molecule has 22 heavy (non-hydrogen) atoms. The van der Waals surface area contributed by atoms with Crippen LogP contribution in [0.3, 0.4) is 0 Å². The third-order valence-corrected chi connectivity index (χ3v) is 5.67. The molecule has 8 heteroatoms. The summed E-state index contributed by atoms with van der Waals surface area (Å²) in [6, 6.07) is 10.7. The summed E-state index contributed by atoms with van der Waals surface area (Å²) in [5.41, 5.74) is 0.954. The van der Waals surface area contributed by atoms with Crippen LogP contribution in [0.2, 0.25) is 0 Å². The van der Waals surface area contributed by atoms with Crippen LogP contribution >= 0.6 is 27.3 Å². The molecule has 3 aromatic rings. The Labute approximate surface area is 140 Å². The van der Waals surface area contributed by atoms with Crippen LogP contribution in [0.15, 0.2) is 57.3 Å². The molecule has 0 aliphatic rings. The summed E-state index contributed by atoms with van der Waals surface area (Å²) in [5, 5.41) is 6.17. The molecule has 0 fully saturated rings.